The van der Waals surface area contributed by atoms with Crippen molar-refractivity contribution in [3.63, 3.8) is 0 Å². The Morgan fingerprint density at radius 3 is 2.41 bits per heavy atom. The number of hydrogen-bond donors (Lipinski definition) is 1. The Morgan fingerprint density at radius 1 is 1.14 bits per heavy atom. The molecule has 2 aromatic rings. The summed E-state index contributed by atoms with van der Waals surface area (Å²) in [6.07, 6.45) is 4.54. The molecule has 1 amide bonds. The highest BCUT2D eigenvalue weighted by atomic mass is 19.1. The van der Waals surface area contributed by atoms with Crippen molar-refractivity contribution in [2.75, 3.05) is 13.1 Å². The van der Waals surface area contributed by atoms with E-state index < -0.39 is 12.2 Å². The summed E-state index contributed by atoms with van der Waals surface area (Å²) in [6, 6.07) is 10.8. The molecule has 0 radical (unpaired) electrons. The summed E-state index contributed by atoms with van der Waals surface area (Å²) >= 11 is 0. The van der Waals surface area contributed by atoms with Crippen LogP contribution in [0, 0.1) is 5.92 Å². The van der Waals surface area contributed by atoms with Crippen molar-refractivity contribution >= 4 is 5.91 Å². The normalized spacial score (nSPS) is 21.2. The molecule has 29 heavy (non-hydrogen) atoms. The second-order valence-electron chi connectivity index (χ2n) is 8.47. The lowest BCUT2D eigenvalue weighted by Crippen LogP contribution is -2.46. The molecule has 2 aliphatic rings. The molecule has 1 saturated heterocycles. The van der Waals surface area contributed by atoms with Gasteiger partial charge in [0.25, 0.3) is 0 Å². The standard InChI is InChI=1S/C23H28FN3O2/c1-26-13-18(8-9-21(26)28)16-4-6-17(7-5-16)20(12-15-2-3-15)22(25)23(29)27-11-10-19(24)14-27/h4-9,13,15,19-20,22H,2-3,10-12,14,25H2,1H3. The Hall–Kier alpha value is -2.47. The predicted octanol–water partition coefficient (Wildman–Crippen LogP) is 2.83. The van der Waals surface area contributed by atoms with Crippen molar-refractivity contribution in [2.45, 2.75) is 43.8 Å². The van der Waals surface area contributed by atoms with E-state index in [1.165, 1.54) is 12.8 Å². The number of nitrogens with zero attached hydrogens (tertiary/aromatic N) is 2. The van der Waals surface area contributed by atoms with Crippen LogP contribution in [0.25, 0.3) is 11.1 Å². The van der Waals surface area contributed by atoms with Crippen LogP contribution in [0.4, 0.5) is 4.39 Å². The van der Waals surface area contributed by atoms with Crippen molar-refractivity contribution in [3.05, 3.63) is 58.5 Å². The van der Waals surface area contributed by atoms with Crippen molar-refractivity contribution < 1.29 is 9.18 Å². The van der Waals surface area contributed by atoms with Crippen LogP contribution in [-0.4, -0.2) is 40.7 Å². The molecule has 2 N–H and O–H groups in total. The zero-order chi connectivity index (χ0) is 20.5. The fourth-order valence-electron chi connectivity index (χ4n) is 4.19. The number of carbonyl (C=O) groups excluding carboxylic acids is 1. The van der Waals surface area contributed by atoms with Crippen molar-refractivity contribution in [3.8, 4) is 11.1 Å². The van der Waals surface area contributed by atoms with E-state index in [-0.39, 0.29) is 23.9 Å². The summed E-state index contributed by atoms with van der Waals surface area (Å²) in [6.45, 7) is 0.615. The van der Waals surface area contributed by atoms with Crippen LogP contribution < -0.4 is 11.3 Å². The maximum Gasteiger partial charge on any atom is 0.250 e. The number of carbonyl (C=O) groups is 1. The molecule has 2 fully saturated rings. The first-order valence-electron chi connectivity index (χ1n) is 10.4. The average Bonchev–Trinajstić information content (AvgIpc) is 3.45. The van der Waals surface area contributed by atoms with Crippen LogP contribution in [0.5, 0.6) is 0 Å². The number of aromatic nitrogens is 1. The van der Waals surface area contributed by atoms with E-state index in [4.69, 9.17) is 5.73 Å². The number of pyridine rings is 1. The van der Waals surface area contributed by atoms with Gasteiger partial charge in [0.15, 0.2) is 0 Å². The van der Waals surface area contributed by atoms with Crippen LogP contribution in [0.15, 0.2) is 47.4 Å². The smallest absolute Gasteiger partial charge is 0.250 e. The molecule has 3 unspecified atom stereocenters. The fourth-order valence-corrected chi connectivity index (χ4v) is 4.19. The van der Waals surface area contributed by atoms with Gasteiger partial charge in [-0.2, -0.15) is 0 Å². The molecular formula is C23H28FN3O2. The SMILES string of the molecule is Cn1cc(-c2ccc(C(CC3CC3)C(N)C(=O)N3CCC(F)C3)cc2)ccc1=O. The monoisotopic (exact) mass is 397 g/mol. The van der Waals surface area contributed by atoms with E-state index in [0.717, 1.165) is 23.1 Å². The number of halogens is 1. The van der Waals surface area contributed by atoms with Crippen molar-refractivity contribution in [1.82, 2.24) is 9.47 Å². The van der Waals surface area contributed by atoms with Crippen LogP contribution in [0.2, 0.25) is 0 Å². The fraction of sp³-hybridized carbons (Fsp3) is 0.478. The molecule has 3 atom stereocenters. The molecule has 154 valence electrons. The molecule has 4 rings (SSSR count). The van der Waals surface area contributed by atoms with Gasteiger partial charge in [0.05, 0.1) is 12.6 Å². The lowest BCUT2D eigenvalue weighted by atomic mass is 9.85. The first-order valence-corrected chi connectivity index (χ1v) is 10.4. The number of alkyl halides is 1. The van der Waals surface area contributed by atoms with Gasteiger partial charge in [0, 0.05) is 31.8 Å². The van der Waals surface area contributed by atoms with Crippen LogP contribution in [0.1, 0.15) is 37.2 Å². The summed E-state index contributed by atoms with van der Waals surface area (Å²) in [5.74, 6) is 0.412. The lowest BCUT2D eigenvalue weighted by Gasteiger charge is -2.27. The maximum atomic E-state index is 13.5. The number of amides is 1. The molecule has 1 aliphatic carbocycles. The Bertz CT molecular complexity index is 936. The van der Waals surface area contributed by atoms with Crippen LogP contribution in [-0.2, 0) is 11.8 Å². The highest BCUT2D eigenvalue weighted by Crippen LogP contribution is 2.40. The van der Waals surface area contributed by atoms with E-state index in [9.17, 15) is 14.0 Å². The van der Waals surface area contributed by atoms with Crippen LogP contribution >= 0.6 is 0 Å². The third-order valence-corrected chi connectivity index (χ3v) is 6.20. The molecule has 1 saturated carbocycles. The second-order valence-corrected chi connectivity index (χ2v) is 8.47. The number of hydrogen-bond acceptors (Lipinski definition) is 3. The maximum absolute atomic E-state index is 13.5. The number of rotatable bonds is 6. The van der Waals surface area contributed by atoms with Gasteiger partial charge in [-0.3, -0.25) is 9.59 Å². The van der Waals surface area contributed by atoms with E-state index in [2.05, 4.69) is 0 Å². The Kier molecular flexibility index (Phi) is 5.54. The predicted molar refractivity (Wildman–Crippen MR) is 111 cm³/mol. The van der Waals surface area contributed by atoms with Gasteiger partial charge < -0.3 is 15.2 Å². The summed E-state index contributed by atoms with van der Waals surface area (Å²) in [5.41, 5.74) is 9.40. The molecule has 0 spiro atoms. The molecule has 2 heterocycles. The number of aryl methyl sites for hydroxylation is 1. The Balaban J connectivity index is 1.55. The highest BCUT2D eigenvalue weighted by Gasteiger charge is 2.36. The zero-order valence-corrected chi connectivity index (χ0v) is 16.8. The largest absolute Gasteiger partial charge is 0.338 e. The van der Waals surface area contributed by atoms with Gasteiger partial charge in [0.1, 0.15) is 6.17 Å². The number of nitrogens with two attached hydrogens (primary N) is 1. The number of benzene rings is 1. The summed E-state index contributed by atoms with van der Waals surface area (Å²) in [5, 5.41) is 0. The van der Waals surface area contributed by atoms with E-state index in [1.807, 2.05) is 36.5 Å². The molecule has 1 aromatic heterocycles. The third kappa shape index (κ3) is 4.42. The van der Waals surface area contributed by atoms with Gasteiger partial charge in [-0.1, -0.05) is 37.1 Å². The molecule has 0 bridgehead atoms. The van der Waals surface area contributed by atoms with Crippen molar-refractivity contribution in [2.24, 2.45) is 18.7 Å². The third-order valence-electron chi connectivity index (χ3n) is 6.20. The quantitative estimate of drug-likeness (QED) is 0.815. The topological polar surface area (TPSA) is 68.3 Å². The van der Waals surface area contributed by atoms with Gasteiger partial charge in [-0.15, -0.1) is 0 Å². The average molecular weight is 397 g/mol. The molecule has 1 aliphatic heterocycles. The van der Waals surface area contributed by atoms with Crippen molar-refractivity contribution in [1.29, 1.82) is 0 Å². The molecular weight excluding hydrogens is 369 g/mol. The summed E-state index contributed by atoms with van der Waals surface area (Å²) in [4.78, 5) is 26.1. The Morgan fingerprint density at radius 2 is 1.83 bits per heavy atom. The minimum Gasteiger partial charge on any atom is -0.338 e. The van der Waals surface area contributed by atoms with Crippen LogP contribution in [0.3, 0.4) is 0 Å². The Labute approximate surface area is 170 Å². The first kappa shape index (κ1) is 19.8. The van der Waals surface area contributed by atoms with Gasteiger partial charge >= 0.3 is 0 Å². The molecule has 6 heteroatoms. The second kappa shape index (κ2) is 8.11. The molecule has 5 nitrogen and oxygen atoms in total. The first-order chi connectivity index (χ1) is 13.9. The van der Waals surface area contributed by atoms with E-state index >= 15 is 0 Å². The minimum atomic E-state index is -0.936. The summed E-state index contributed by atoms with van der Waals surface area (Å²) in [7, 11) is 1.73. The summed E-state index contributed by atoms with van der Waals surface area (Å²) < 4.78 is 15.1. The van der Waals surface area contributed by atoms with Gasteiger partial charge in [0.2, 0.25) is 11.5 Å². The lowest BCUT2D eigenvalue weighted by molar-refractivity contribution is -0.132. The number of likely N-dealkylation sites (tertiary alicyclic amines) is 1. The van der Waals surface area contributed by atoms with E-state index in [1.54, 1.807) is 22.6 Å². The minimum absolute atomic E-state index is 0.0446. The van der Waals surface area contributed by atoms with Gasteiger partial charge in [-0.25, -0.2) is 4.39 Å². The van der Waals surface area contributed by atoms with Gasteiger partial charge in [-0.05, 0) is 41.5 Å². The van der Waals surface area contributed by atoms with E-state index in [0.29, 0.717) is 18.9 Å². The highest BCUT2D eigenvalue weighted by molar-refractivity contribution is 5.83. The molecule has 1 aromatic carbocycles. The zero-order valence-electron chi connectivity index (χ0n) is 16.8.